The van der Waals surface area contributed by atoms with E-state index in [-0.39, 0.29) is 5.56 Å². The molecule has 0 aliphatic carbocycles. The molecule has 24 heavy (non-hydrogen) atoms. The lowest BCUT2D eigenvalue weighted by molar-refractivity contribution is -0.194. The van der Waals surface area contributed by atoms with Crippen molar-refractivity contribution in [1.82, 2.24) is 0 Å². The molecule has 0 saturated heterocycles. The molecule has 0 bridgehead atoms. The van der Waals surface area contributed by atoms with Crippen molar-refractivity contribution < 1.29 is 49.6 Å². The Morgan fingerprint density at radius 1 is 1.25 bits per heavy atom. The fourth-order valence-corrected chi connectivity index (χ4v) is 1.71. The highest BCUT2D eigenvalue weighted by molar-refractivity contribution is 7.87. The Labute approximate surface area is 131 Å². The van der Waals surface area contributed by atoms with E-state index in [0.717, 1.165) is 24.3 Å². The predicted molar refractivity (Wildman–Crippen MR) is 69.5 cm³/mol. The number of hydrogen-bond acceptors (Lipinski definition) is 5. The number of carbonyl (C=O) groups excluding carboxylic acids is 1. The van der Waals surface area contributed by atoms with Gasteiger partial charge in [0.15, 0.2) is 18.2 Å². The molecule has 6 nitrogen and oxygen atoms in total. The summed E-state index contributed by atoms with van der Waals surface area (Å²) in [5.74, 6) is -8.66. The van der Waals surface area contributed by atoms with Crippen LogP contribution in [0, 0.1) is 5.82 Å². The topological polar surface area (TPSA) is 101 Å². The van der Waals surface area contributed by atoms with Crippen molar-refractivity contribution in [1.29, 1.82) is 0 Å². The summed E-state index contributed by atoms with van der Waals surface area (Å²) < 4.78 is 97.1. The lowest BCUT2D eigenvalue weighted by Crippen LogP contribution is -2.49. The predicted octanol–water partition coefficient (Wildman–Crippen LogP) is 2.20. The Bertz CT molecular complexity index is 759. The van der Waals surface area contributed by atoms with Crippen LogP contribution in [0.2, 0.25) is 0 Å². The summed E-state index contributed by atoms with van der Waals surface area (Å²) in [5, 5.41) is 3.07. The van der Waals surface area contributed by atoms with E-state index >= 15 is 0 Å². The first kappa shape index (κ1) is 19.8. The maximum absolute atomic E-state index is 13.1. The highest BCUT2D eigenvalue weighted by Crippen LogP contribution is 2.38. The molecule has 0 unspecified atom stereocenters. The monoisotopic (exact) mass is 376 g/mol. The smallest absolute Gasteiger partial charge is 0.435 e. The zero-order valence-electron chi connectivity index (χ0n) is 11.4. The van der Waals surface area contributed by atoms with Crippen LogP contribution in [0.4, 0.5) is 22.0 Å². The first-order valence-corrected chi connectivity index (χ1v) is 7.28. The molecule has 0 aliphatic rings. The minimum absolute atomic E-state index is 0.0114. The van der Waals surface area contributed by atoms with E-state index < -0.39 is 45.4 Å². The van der Waals surface area contributed by atoms with Crippen LogP contribution in [0.15, 0.2) is 24.3 Å². The summed E-state index contributed by atoms with van der Waals surface area (Å²) in [6, 6.07) is 2.85. The third-order valence-electron chi connectivity index (χ3n) is 2.53. The minimum Gasteiger partial charge on any atom is -0.505 e. The van der Waals surface area contributed by atoms with E-state index in [1.54, 1.807) is 0 Å². The maximum Gasteiger partial charge on any atom is 0.435 e. The summed E-state index contributed by atoms with van der Waals surface area (Å²) in [4.78, 5) is 11.1. The first-order chi connectivity index (χ1) is 10.8. The third-order valence-corrected chi connectivity index (χ3v) is 3.48. The van der Waals surface area contributed by atoms with Gasteiger partial charge in [-0.3, -0.25) is 4.55 Å². The molecule has 1 aromatic rings. The Kier molecular flexibility index (Phi) is 5.56. The van der Waals surface area contributed by atoms with E-state index in [9.17, 15) is 35.2 Å². The highest BCUT2D eigenvalue weighted by atomic mass is 32.2. The van der Waals surface area contributed by atoms with Gasteiger partial charge in [0.1, 0.15) is 0 Å². The highest BCUT2D eigenvalue weighted by Gasteiger charge is 2.66. The molecule has 0 heterocycles. The molecule has 1 aromatic carbocycles. The third kappa shape index (κ3) is 4.41. The second-order valence-corrected chi connectivity index (χ2v) is 5.81. The van der Waals surface area contributed by atoms with Crippen molar-refractivity contribution in [2.75, 3.05) is 6.61 Å². The van der Waals surface area contributed by atoms with Gasteiger partial charge in [-0.05, 0) is 23.8 Å². The van der Waals surface area contributed by atoms with E-state index in [1.807, 2.05) is 0 Å². The van der Waals surface area contributed by atoms with Gasteiger partial charge in [-0.2, -0.15) is 26.0 Å². The quantitative estimate of drug-likeness (QED) is 0.342. The Balaban J connectivity index is 2.75. The molecule has 2 N–H and O–H groups in total. The van der Waals surface area contributed by atoms with E-state index in [2.05, 4.69) is 4.74 Å². The molecule has 0 aromatic heterocycles. The second-order valence-electron chi connectivity index (χ2n) is 4.35. The minimum atomic E-state index is -6.43. The van der Waals surface area contributed by atoms with Gasteiger partial charge >= 0.3 is 27.3 Å². The van der Waals surface area contributed by atoms with Crippen LogP contribution in [-0.4, -0.2) is 41.8 Å². The number of esters is 1. The van der Waals surface area contributed by atoms with E-state index in [1.165, 1.54) is 0 Å². The van der Waals surface area contributed by atoms with Gasteiger partial charge < -0.3 is 9.84 Å². The summed E-state index contributed by atoms with van der Waals surface area (Å²) in [6.45, 7) is -2.33. The number of benzene rings is 1. The molecule has 0 amide bonds. The number of phenols is 1. The summed E-state index contributed by atoms with van der Waals surface area (Å²) in [7, 11) is -6.43. The number of alkyl halides is 4. The lowest BCUT2D eigenvalue weighted by atomic mass is 10.2. The number of halogens is 5. The molecular weight excluding hydrogens is 367 g/mol. The summed E-state index contributed by atoms with van der Waals surface area (Å²) in [5.41, 5.74) is 0.0114. The van der Waals surface area contributed by atoms with Crippen molar-refractivity contribution in [3.05, 3.63) is 35.7 Å². The first-order valence-electron chi connectivity index (χ1n) is 5.84. The van der Waals surface area contributed by atoms with Gasteiger partial charge in [0.25, 0.3) is 0 Å². The zero-order valence-corrected chi connectivity index (χ0v) is 12.2. The van der Waals surface area contributed by atoms with Gasteiger partial charge in [0.05, 0.1) is 0 Å². The van der Waals surface area contributed by atoms with Gasteiger partial charge in [-0.15, -0.1) is 0 Å². The molecular formula is C12H9F5O6S. The molecule has 0 spiro atoms. The van der Waals surface area contributed by atoms with Crippen LogP contribution in [0.25, 0.3) is 6.08 Å². The van der Waals surface area contributed by atoms with Crippen LogP contribution in [0.5, 0.6) is 5.75 Å². The fourth-order valence-electron chi connectivity index (χ4n) is 1.27. The number of carbonyl (C=O) groups is 1. The standard InChI is InChI=1S/C12H9F5O6S/c13-8-5-7(1-3-9(8)18)2-4-10(19)23-6-11(14,15)12(16,17)24(20,21)22/h1-5,18H,6H2,(H,20,21,22)/b4-2+. The molecule has 12 heteroatoms. The molecule has 0 saturated carbocycles. The van der Waals surface area contributed by atoms with Gasteiger partial charge in [-0.25, -0.2) is 9.18 Å². The number of phenolic OH excluding ortho intramolecular Hbond substituents is 1. The Morgan fingerprint density at radius 2 is 1.83 bits per heavy atom. The van der Waals surface area contributed by atoms with Crippen LogP contribution >= 0.6 is 0 Å². The maximum atomic E-state index is 13.1. The summed E-state index contributed by atoms with van der Waals surface area (Å²) >= 11 is 0. The van der Waals surface area contributed by atoms with Crippen LogP contribution < -0.4 is 0 Å². The van der Waals surface area contributed by atoms with Crippen molar-refractivity contribution in [3.8, 4) is 5.75 Å². The Hall–Kier alpha value is -2.21. The van der Waals surface area contributed by atoms with Crippen molar-refractivity contribution in [2.45, 2.75) is 11.2 Å². The largest absolute Gasteiger partial charge is 0.505 e. The zero-order chi connectivity index (χ0) is 18.8. The molecule has 0 aliphatic heterocycles. The molecule has 0 radical (unpaired) electrons. The van der Waals surface area contributed by atoms with Gasteiger partial charge in [0.2, 0.25) is 0 Å². The second kappa shape index (κ2) is 6.73. The molecule has 134 valence electrons. The van der Waals surface area contributed by atoms with Gasteiger partial charge in [-0.1, -0.05) is 6.07 Å². The van der Waals surface area contributed by atoms with Crippen molar-refractivity contribution >= 4 is 22.2 Å². The molecule has 0 atom stereocenters. The summed E-state index contributed by atoms with van der Waals surface area (Å²) in [6.07, 6.45) is 1.34. The molecule has 1 rings (SSSR count). The SMILES string of the molecule is O=C(/C=C/c1ccc(O)c(F)c1)OCC(F)(F)C(F)(F)S(=O)(=O)O. The van der Waals surface area contributed by atoms with Crippen LogP contribution in [-0.2, 0) is 19.6 Å². The van der Waals surface area contributed by atoms with E-state index in [0.29, 0.717) is 6.08 Å². The molecule has 0 fully saturated rings. The van der Waals surface area contributed by atoms with Crippen molar-refractivity contribution in [2.24, 2.45) is 0 Å². The number of aromatic hydroxyl groups is 1. The van der Waals surface area contributed by atoms with Gasteiger partial charge in [0, 0.05) is 6.08 Å². The average molecular weight is 376 g/mol. The number of ether oxygens (including phenoxy) is 1. The van der Waals surface area contributed by atoms with E-state index in [4.69, 9.17) is 9.66 Å². The van der Waals surface area contributed by atoms with Crippen LogP contribution in [0.1, 0.15) is 5.56 Å². The average Bonchev–Trinajstić information content (AvgIpc) is 2.45. The normalized spacial score (nSPS) is 13.2. The lowest BCUT2D eigenvalue weighted by Gasteiger charge is -2.22. The van der Waals surface area contributed by atoms with Crippen LogP contribution in [0.3, 0.4) is 0 Å². The van der Waals surface area contributed by atoms with Crippen molar-refractivity contribution in [3.63, 3.8) is 0 Å². The Morgan fingerprint density at radius 3 is 2.33 bits per heavy atom. The fraction of sp³-hybridized carbons (Fsp3) is 0.250. The number of rotatable bonds is 6. The number of hydrogen-bond donors (Lipinski definition) is 2.